The van der Waals surface area contributed by atoms with Crippen LogP contribution < -0.4 is 15.2 Å². The van der Waals surface area contributed by atoms with Gasteiger partial charge in [-0.1, -0.05) is 35.0 Å². The maximum atomic E-state index is 8.82. The molecule has 0 saturated carbocycles. The third-order valence-corrected chi connectivity index (χ3v) is 3.28. The second-order valence-corrected chi connectivity index (χ2v) is 4.63. The molecule has 0 bridgehead atoms. The molecule has 0 amide bonds. The average molecular weight is 307 g/mol. The molecule has 0 aromatic heterocycles. The molecule has 3 N–H and O–H groups in total. The van der Waals surface area contributed by atoms with E-state index in [1.807, 2.05) is 18.2 Å². The highest BCUT2D eigenvalue weighted by Crippen LogP contribution is 2.26. The van der Waals surface area contributed by atoms with Crippen molar-refractivity contribution >= 4 is 17.4 Å². The molecule has 0 unspecified atom stereocenters. The fourth-order valence-electron chi connectivity index (χ4n) is 1.79. The standard InChI is InChI=1S/C15H15ClN2O3/c1-20-11-6-7-12(15(17)18-19)14(8-11)21-9-10-4-2-3-5-13(10)16/h2-8,19H,9H2,1H3,(H2,17,18). The molecule has 2 aromatic rings. The van der Waals surface area contributed by atoms with Crippen LogP contribution in [0.5, 0.6) is 11.5 Å². The zero-order chi connectivity index (χ0) is 15.2. The van der Waals surface area contributed by atoms with Crippen molar-refractivity contribution in [1.29, 1.82) is 0 Å². The Morgan fingerprint density at radius 3 is 2.71 bits per heavy atom. The summed E-state index contributed by atoms with van der Waals surface area (Å²) in [5.74, 6) is 1.02. The summed E-state index contributed by atoms with van der Waals surface area (Å²) in [4.78, 5) is 0. The van der Waals surface area contributed by atoms with Crippen LogP contribution in [-0.2, 0) is 6.61 Å². The first-order valence-corrected chi connectivity index (χ1v) is 6.55. The molecule has 5 nitrogen and oxygen atoms in total. The number of halogens is 1. The molecule has 6 heteroatoms. The van der Waals surface area contributed by atoms with Crippen LogP contribution in [0.1, 0.15) is 11.1 Å². The topological polar surface area (TPSA) is 77.1 Å². The fourth-order valence-corrected chi connectivity index (χ4v) is 1.98. The Morgan fingerprint density at radius 2 is 2.05 bits per heavy atom. The zero-order valence-corrected chi connectivity index (χ0v) is 12.2. The van der Waals surface area contributed by atoms with E-state index in [9.17, 15) is 0 Å². The number of nitrogens with zero attached hydrogens (tertiary/aromatic N) is 1. The largest absolute Gasteiger partial charge is 0.497 e. The lowest BCUT2D eigenvalue weighted by Gasteiger charge is -2.13. The summed E-state index contributed by atoms with van der Waals surface area (Å²) in [6.45, 7) is 0.262. The molecule has 0 atom stereocenters. The number of methoxy groups -OCH3 is 1. The van der Waals surface area contributed by atoms with E-state index < -0.39 is 0 Å². The number of benzene rings is 2. The van der Waals surface area contributed by atoms with E-state index in [1.165, 1.54) is 0 Å². The molecule has 0 heterocycles. The van der Waals surface area contributed by atoms with Crippen LogP contribution in [0.4, 0.5) is 0 Å². The van der Waals surface area contributed by atoms with Gasteiger partial charge in [0, 0.05) is 16.7 Å². The van der Waals surface area contributed by atoms with Crippen molar-refractivity contribution in [3.05, 3.63) is 58.6 Å². The Bertz CT molecular complexity index is 659. The van der Waals surface area contributed by atoms with Crippen LogP contribution >= 0.6 is 11.6 Å². The molecule has 110 valence electrons. The van der Waals surface area contributed by atoms with Crippen molar-refractivity contribution in [2.24, 2.45) is 10.9 Å². The van der Waals surface area contributed by atoms with Gasteiger partial charge in [-0.15, -0.1) is 0 Å². The minimum Gasteiger partial charge on any atom is -0.497 e. The number of amidine groups is 1. The lowest BCUT2D eigenvalue weighted by molar-refractivity contribution is 0.301. The highest BCUT2D eigenvalue weighted by atomic mass is 35.5. The molecule has 0 aliphatic carbocycles. The highest BCUT2D eigenvalue weighted by molar-refractivity contribution is 6.31. The molecule has 0 saturated heterocycles. The molecule has 0 spiro atoms. The normalized spacial score (nSPS) is 11.2. The number of hydrogen-bond acceptors (Lipinski definition) is 4. The van der Waals surface area contributed by atoms with Gasteiger partial charge in [0.25, 0.3) is 0 Å². The maximum Gasteiger partial charge on any atom is 0.173 e. The summed E-state index contributed by atoms with van der Waals surface area (Å²) < 4.78 is 10.9. The van der Waals surface area contributed by atoms with Crippen molar-refractivity contribution < 1.29 is 14.7 Å². The Hall–Kier alpha value is -2.40. The van der Waals surface area contributed by atoms with Crippen LogP contribution in [0.15, 0.2) is 47.6 Å². The van der Waals surface area contributed by atoms with Gasteiger partial charge in [0.15, 0.2) is 5.84 Å². The molecule has 0 aliphatic heterocycles. The summed E-state index contributed by atoms with van der Waals surface area (Å²) in [7, 11) is 1.55. The van der Waals surface area contributed by atoms with Gasteiger partial charge in [0.1, 0.15) is 18.1 Å². The van der Waals surface area contributed by atoms with Gasteiger partial charge in [-0.05, 0) is 18.2 Å². The summed E-state index contributed by atoms with van der Waals surface area (Å²) in [6, 6.07) is 12.4. The van der Waals surface area contributed by atoms with Gasteiger partial charge < -0.3 is 20.4 Å². The van der Waals surface area contributed by atoms with Crippen LogP contribution in [-0.4, -0.2) is 18.2 Å². The SMILES string of the molecule is COc1ccc(/C(N)=N/O)c(OCc2ccccc2Cl)c1. The predicted octanol–water partition coefficient (Wildman–Crippen LogP) is 3.02. The third-order valence-electron chi connectivity index (χ3n) is 2.91. The van der Waals surface area contributed by atoms with Crippen molar-refractivity contribution in [2.45, 2.75) is 6.61 Å². The minimum absolute atomic E-state index is 0.0354. The van der Waals surface area contributed by atoms with Crippen molar-refractivity contribution in [3.63, 3.8) is 0 Å². The van der Waals surface area contributed by atoms with E-state index in [4.69, 9.17) is 32.0 Å². The van der Waals surface area contributed by atoms with Crippen LogP contribution in [0.25, 0.3) is 0 Å². The van der Waals surface area contributed by atoms with Gasteiger partial charge in [-0.25, -0.2) is 0 Å². The predicted molar refractivity (Wildman–Crippen MR) is 81.3 cm³/mol. The van der Waals surface area contributed by atoms with Crippen molar-refractivity contribution in [3.8, 4) is 11.5 Å². The first-order valence-electron chi connectivity index (χ1n) is 6.18. The van der Waals surface area contributed by atoms with Gasteiger partial charge in [-0.3, -0.25) is 0 Å². The quantitative estimate of drug-likeness (QED) is 0.385. The van der Waals surface area contributed by atoms with E-state index in [0.29, 0.717) is 22.1 Å². The van der Waals surface area contributed by atoms with Crippen molar-refractivity contribution in [2.75, 3.05) is 7.11 Å². The molecule has 2 aromatic carbocycles. The van der Waals surface area contributed by atoms with Crippen LogP contribution in [0.3, 0.4) is 0 Å². The molecule has 21 heavy (non-hydrogen) atoms. The zero-order valence-electron chi connectivity index (χ0n) is 11.4. The number of rotatable bonds is 5. The second-order valence-electron chi connectivity index (χ2n) is 4.23. The smallest absolute Gasteiger partial charge is 0.173 e. The number of oxime groups is 1. The summed E-state index contributed by atoms with van der Waals surface area (Å²) >= 11 is 6.09. The number of hydrogen-bond donors (Lipinski definition) is 2. The van der Waals surface area contributed by atoms with E-state index >= 15 is 0 Å². The molecule has 0 fully saturated rings. The first-order chi connectivity index (χ1) is 10.2. The Kier molecular flexibility index (Phi) is 4.90. The summed E-state index contributed by atoms with van der Waals surface area (Å²) in [6.07, 6.45) is 0. The monoisotopic (exact) mass is 306 g/mol. The number of nitrogens with two attached hydrogens (primary N) is 1. The molecule has 2 rings (SSSR count). The highest BCUT2D eigenvalue weighted by Gasteiger charge is 2.11. The van der Waals surface area contributed by atoms with E-state index in [-0.39, 0.29) is 12.4 Å². The molecule has 0 radical (unpaired) electrons. The van der Waals surface area contributed by atoms with E-state index in [0.717, 1.165) is 5.56 Å². The third kappa shape index (κ3) is 3.58. The molecular formula is C15H15ClN2O3. The lowest BCUT2D eigenvalue weighted by Crippen LogP contribution is -2.15. The van der Waals surface area contributed by atoms with E-state index in [1.54, 1.807) is 31.4 Å². The second kappa shape index (κ2) is 6.85. The van der Waals surface area contributed by atoms with Crippen LogP contribution in [0, 0.1) is 0 Å². The van der Waals surface area contributed by atoms with Crippen LogP contribution in [0.2, 0.25) is 5.02 Å². The van der Waals surface area contributed by atoms with Crippen molar-refractivity contribution in [1.82, 2.24) is 0 Å². The van der Waals surface area contributed by atoms with Gasteiger partial charge in [0.2, 0.25) is 0 Å². The molecule has 0 aliphatic rings. The van der Waals surface area contributed by atoms with Gasteiger partial charge in [0.05, 0.1) is 12.7 Å². The lowest BCUT2D eigenvalue weighted by atomic mass is 10.1. The summed E-state index contributed by atoms with van der Waals surface area (Å²) in [5, 5.41) is 12.4. The fraction of sp³-hybridized carbons (Fsp3) is 0.133. The minimum atomic E-state index is -0.0354. The average Bonchev–Trinajstić information content (AvgIpc) is 2.53. The Labute approximate surface area is 127 Å². The van der Waals surface area contributed by atoms with Gasteiger partial charge >= 0.3 is 0 Å². The Balaban J connectivity index is 2.27. The Morgan fingerprint density at radius 1 is 1.29 bits per heavy atom. The molecular weight excluding hydrogens is 292 g/mol. The van der Waals surface area contributed by atoms with Gasteiger partial charge in [-0.2, -0.15) is 0 Å². The first kappa shape index (κ1) is 15.0. The van der Waals surface area contributed by atoms with E-state index in [2.05, 4.69) is 5.16 Å². The number of ether oxygens (including phenoxy) is 2. The summed E-state index contributed by atoms with van der Waals surface area (Å²) in [5.41, 5.74) is 6.96. The maximum absolute atomic E-state index is 8.82.